The van der Waals surface area contributed by atoms with E-state index in [0.29, 0.717) is 0 Å². The standard InChI is InChI=1S/C14H10F2O3/c15-10-5-9(6-11(16)7-10)8-19-13-4-2-1-3-12(13)14(17)18/h1-7H,8H2,(H,17,18). The molecule has 0 unspecified atom stereocenters. The first-order valence-corrected chi connectivity index (χ1v) is 5.46. The Bertz CT molecular complexity index is 591. The fourth-order valence-corrected chi connectivity index (χ4v) is 1.62. The molecule has 3 nitrogen and oxygen atoms in total. The fourth-order valence-electron chi connectivity index (χ4n) is 1.62. The number of ether oxygens (including phenoxy) is 1. The maximum atomic E-state index is 13.0. The molecule has 0 radical (unpaired) electrons. The van der Waals surface area contributed by atoms with Crippen LogP contribution in [0, 0.1) is 11.6 Å². The first-order chi connectivity index (χ1) is 9.06. The average Bonchev–Trinajstić information content (AvgIpc) is 2.35. The Hall–Kier alpha value is -2.43. The molecular formula is C14H10F2O3. The smallest absolute Gasteiger partial charge is 0.339 e. The molecule has 0 spiro atoms. The molecule has 0 bridgehead atoms. The minimum Gasteiger partial charge on any atom is -0.488 e. The first kappa shape index (κ1) is 13.0. The summed E-state index contributed by atoms with van der Waals surface area (Å²) in [6, 6.07) is 9.09. The molecular weight excluding hydrogens is 254 g/mol. The van der Waals surface area contributed by atoms with Crippen molar-refractivity contribution in [2.24, 2.45) is 0 Å². The molecule has 1 N–H and O–H groups in total. The van der Waals surface area contributed by atoms with Crippen molar-refractivity contribution in [2.45, 2.75) is 6.61 Å². The van der Waals surface area contributed by atoms with Crippen LogP contribution in [0.25, 0.3) is 0 Å². The van der Waals surface area contributed by atoms with Crippen molar-refractivity contribution in [1.29, 1.82) is 0 Å². The van der Waals surface area contributed by atoms with E-state index in [0.717, 1.165) is 18.2 Å². The normalized spacial score (nSPS) is 10.2. The quantitative estimate of drug-likeness (QED) is 0.922. The molecule has 0 saturated carbocycles. The van der Waals surface area contributed by atoms with Crippen molar-refractivity contribution >= 4 is 5.97 Å². The lowest BCUT2D eigenvalue weighted by Gasteiger charge is -2.09. The number of hydrogen-bond acceptors (Lipinski definition) is 2. The van der Waals surface area contributed by atoms with Crippen LogP contribution in [0.15, 0.2) is 42.5 Å². The van der Waals surface area contributed by atoms with Gasteiger partial charge in [-0.05, 0) is 29.8 Å². The molecule has 19 heavy (non-hydrogen) atoms. The minimum atomic E-state index is -1.12. The topological polar surface area (TPSA) is 46.5 Å². The summed E-state index contributed by atoms with van der Waals surface area (Å²) in [7, 11) is 0. The minimum absolute atomic E-state index is 0.000579. The first-order valence-electron chi connectivity index (χ1n) is 5.46. The van der Waals surface area contributed by atoms with Crippen LogP contribution in [0.4, 0.5) is 8.78 Å². The van der Waals surface area contributed by atoms with E-state index in [1.54, 1.807) is 12.1 Å². The molecule has 0 fully saturated rings. The van der Waals surface area contributed by atoms with Gasteiger partial charge in [-0.2, -0.15) is 0 Å². The highest BCUT2D eigenvalue weighted by atomic mass is 19.1. The zero-order valence-electron chi connectivity index (χ0n) is 9.77. The van der Waals surface area contributed by atoms with Crippen molar-refractivity contribution in [1.82, 2.24) is 0 Å². The van der Waals surface area contributed by atoms with E-state index in [9.17, 15) is 13.6 Å². The van der Waals surface area contributed by atoms with E-state index in [1.807, 2.05) is 0 Å². The number of hydrogen-bond donors (Lipinski definition) is 1. The van der Waals surface area contributed by atoms with Gasteiger partial charge < -0.3 is 9.84 Å². The van der Waals surface area contributed by atoms with Crippen LogP contribution in [0.1, 0.15) is 15.9 Å². The van der Waals surface area contributed by atoms with Crippen molar-refractivity contribution < 1.29 is 23.4 Å². The highest BCUT2D eigenvalue weighted by Gasteiger charge is 2.10. The molecule has 5 heteroatoms. The summed E-state index contributed by atoms with van der Waals surface area (Å²) >= 11 is 0. The van der Waals surface area contributed by atoms with Gasteiger partial charge in [-0.15, -0.1) is 0 Å². The number of halogens is 2. The van der Waals surface area contributed by atoms with Crippen molar-refractivity contribution in [3.05, 3.63) is 65.2 Å². The Labute approximate surface area is 108 Å². The van der Waals surface area contributed by atoms with Gasteiger partial charge in [-0.25, -0.2) is 13.6 Å². The highest BCUT2D eigenvalue weighted by Crippen LogP contribution is 2.19. The zero-order chi connectivity index (χ0) is 13.8. The molecule has 2 aromatic carbocycles. The van der Waals surface area contributed by atoms with Crippen molar-refractivity contribution in [3.8, 4) is 5.75 Å². The Balaban J connectivity index is 2.16. The summed E-state index contributed by atoms with van der Waals surface area (Å²) in [6.45, 7) is -0.112. The van der Waals surface area contributed by atoms with Gasteiger partial charge in [-0.1, -0.05) is 12.1 Å². The predicted molar refractivity (Wildman–Crippen MR) is 64.1 cm³/mol. The lowest BCUT2D eigenvalue weighted by molar-refractivity contribution is 0.0691. The molecule has 0 heterocycles. The van der Waals surface area contributed by atoms with Crippen LogP contribution in [-0.4, -0.2) is 11.1 Å². The van der Waals surface area contributed by atoms with Gasteiger partial charge in [0.1, 0.15) is 29.6 Å². The Morgan fingerprint density at radius 3 is 2.37 bits per heavy atom. The number of carboxylic acid groups (broad SMARTS) is 1. The van der Waals surface area contributed by atoms with Gasteiger partial charge in [0, 0.05) is 6.07 Å². The third kappa shape index (κ3) is 3.28. The largest absolute Gasteiger partial charge is 0.488 e. The van der Waals surface area contributed by atoms with E-state index in [1.165, 1.54) is 12.1 Å². The van der Waals surface area contributed by atoms with Crippen LogP contribution in [0.3, 0.4) is 0 Å². The summed E-state index contributed by atoms with van der Waals surface area (Å²) in [5.41, 5.74) is 0.289. The van der Waals surface area contributed by atoms with E-state index < -0.39 is 17.6 Å². The maximum Gasteiger partial charge on any atom is 0.339 e. The second kappa shape index (κ2) is 5.48. The fraction of sp³-hybridized carbons (Fsp3) is 0.0714. The third-order valence-electron chi connectivity index (χ3n) is 2.43. The molecule has 0 amide bonds. The van der Waals surface area contributed by atoms with Crippen LogP contribution in [-0.2, 0) is 6.61 Å². The number of para-hydroxylation sites is 1. The van der Waals surface area contributed by atoms with Gasteiger partial charge in [-0.3, -0.25) is 0 Å². The van der Waals surface area contributed by atoms with Crippen LogP contribution >= 0.6 is 0 Å². The van der Waals surface area contributed by atoms with Gasteiger partial charge in [0.05, 0.1) is 0 Å². The zero-order valence-corrected chi connectivity index (χ0v) is 9.77. The Morgan fingerprint density at radius 2 is 1.74 bits per heavy atom. The SMILES string of the molecule is O=C(O)c1ccccc1OCc1cc(F)cc(F)c1. The number of rotatable bonds is 4. The van der Waals surface area contributed by atoms with Gasteiger partial charge >= 0.3 is 5.97 Å². The van der Waals surface area contributed by atoms with Gasteiger partial charge in [0.15, 0.2) is 0 Å². The summed E-state index contributed by atoms with van der Waals surface area (Å²) in [5.74, 6) is -2.38. The second-order valence-electron chi connectivity index (χ2n) is 3.87. The third-order valence-corrected chi connectivity index (χ3v) is 2.43. The van der Waals surface area contributed by atoms with Crippen LogP contribution in [0.5, 0.6) is 5.75 Å². The summed E-state index contributed by atoms with van der Waals surface area (Å²) in [6.07, 6.45) is 0. The molecule has 0 aliphatic heterocycles. The monoisotopic (exact) mass is 264 g/mol. The highest BCUT2D eigenvalue weighted by molar-refractivity contribution is 5.90. The number of carbonyl (C=O) groups is 1. The van der Waals surface area contributed by atoms with Crippen LogP contribution < -0.4 is 4.74 Å². The Morgan fingerprint density at radius 1 is 1.11 bits per heavy atom. The lowest BCUT2D eigenvalue weighted by atomic mass is 10.2. The van der Waals surface area contributed by atoms with Crippen molar-refractivity contribution in [2.75, 3.05) is 0 Å². The molecule has 2 aromatic rings. The van der Waals surface area contributed by atoms with Gasteiger partial charge in [0.25, 0.3) is 0 Å². The summed E-state index contributed by atoms with van der Waals surface area (Å²) in [5, 5.41) is 8.95. The molecule has 98 valence electrons. The molecule has 0 saturated heterocycles. The van der Waals surface area contributed by atoms with E-state index >= 15 is 0 Å². The molecule has 0 aliphatic carbocycles. The van der Waals surface area contributed by atoms with E-state index in [2.05, 4.69) is 0 Å². The number of aromatic carboxylic acids is 1. The van der Waals surface area contributed by atoms with Crippen molar-refractivity contribution in [3.63, 3.8) is 0 Å². The average molecular weight is 264 g/mol. The number of benzene rings is 2. The molecule has 0 atom stereocenters. The molecule has 0 aromatic heterocycles. The summed E-state index contributed by atoms with van der Waals surface area (Å²) in [4.78, 5) is 10.9. The second-order valence-corrected chi connectivity index (χ2v) is 3.87. The molecule has 0 aliphatic rings. The lowest BCUT2D eigenvalue weighted by Crippen LogP contribution is -2.03. The van der Waals surface area contributed by atoms with Crippen LogP contribution in [0.2, 0.25) is 0 Å². The summed E-state index contributed by atoms with van der Waals surface area (Å²) < 4.78 is 31.2. The van der Waals surface area contributed by atoms with E-state index in [4.69, 9.17) is 9.84 Å². The number of carboxylic acids is 1. The molecule has 2 rings (SSSR count). The Kier molecular flexibility index (Phi) is 3.75. The predicted octanol–water partition coefficient (Wildman–Crippen LogP) is 3.24. The van der Waals surface area contributed by atoms with Gasteiger partial charge in [0.2, 0.25) is 0 Å². The van der Waals surface area contributed by atoms with E-state index in [-0.39, 0.29) is 23.5 Å². The maximum absolute atomic E-state index is 13.0.